The lowest BCUT2D eigenvalue weighted by Crippen LogP contribution is -2.40. The molecule has 0 aromatic carbocycles. The highest BCUT2D eigenvalue weighted by Crippen LogP contribution is 2.27. The van der Waals surface area contributed by atoms with Gasteiger partial charge in [0.05, 0.1) is 9.75 Å². The smallest absolute Gasteiger partial charge is 0.326 e. The number of aliphatic carboxylic acids is 2. The van der Waals surface area contributed by atoms with Crippen molar-refractivity contribution in [2.75, 3.05) is 13.1 Å². The minimum Gasteiger partial charge on any atom is -0.480 e. The Balaban J connectivity index is 1.76. The Morgan fingerprint density at radius 3 is 1.60 bits per heavy atom. The number of carbonyl (C=O) groups is 4. The molecular formula is C16H18N2O6S. The number of hydrogen-bond acceptors (Lipinski definition) is 5. The maximum atomic E-state index is 12.5. The number of hydrogen-bond donors (Lipinski definition) is 2. The SMILES string of the molecule is O=C(O)C1CCCN1C(=O)c1ccc(C(=O)N2CCCC2C(=O)O)s1. The molecule has 2 atom stereocenters. The first-order chi connectivity index (χ1) is 11.9. The molecule has 1 aromatic rings. The van der Waals surface area contributed by atoms with Crippen LogP contribution in [0.25, 0.3) is 0 Å². The van der Waals surface area contributed by atoms with E-state index in [1.165, 1.54) is 21.9 Å². The maximum absolute atomic E-state index is 12.5. The molecule has 0 radical (unpaired) electrons. The zero-order valence-electron chi connectivity index (χ0n) is 13.4. The summed E-state index contributed by atoms with van der Waals surface area (Å²) in [5.74, 6) is -2.85. The van der Waals surface area contributed by atoms with Gasteiger partial charge >= 0.3 is 11.9 Å². The van der Waals surface area contributed by atoms with Crippen molar-refractivity contribution >= 4 is 35.1 Å². The van der Waals surface area contributed by atoms with Gasteiger partial charge in [-0.05, 0) is 37.8 Å². The fourth-order valence-electron chi connectivity index (χ4n) is 3.38. The Morgan fingerprint density at radius 2 is 1.24 bits per heavy atom. The maximum Gasteiger partial charge on any atom is 0.326 e. The van der Waals surface area contributed by atoms with Gasteiger partial charge in [-0.15, -0.1) is 11.3 Å². The Hall–Kier alpha value is -2.42. The summed E-state index contributed by atoms with van der Waals surface area (Å²) in [6.07, 6.45) is 2.11. The molecule has 2 aliphatic heterocycles. The predicted molar refractivity (Wildman–Crippen MR) is 87.7 cm³/mol. The van der Waals surface area contributed by atoms with E-state index < -0.39 is 35.8 Å². The van der Waals surface area contributed by atoms with Gasteiger partial charge in [0.2, 0.25) is 0 Å². The number of carboxylic acids is 2. The van der Waals surface area contributed by atoms with E-state index in [-0.39, 0.29) is 0 Å². The van der Waals surface area contributed by atoms with E-state index in [0.717, 1.165) is 11.3 Å². The molecule has 3 heterocycles. The number of carbonyl (C=O) groups excluding carboxylic acids is 2. The van der Waals surface area contributed by atoms with E-state index in [4.69, 9.17) is 0 Å². The zero-order chi connectivity index (χ0) is 18.1. The Morgan fingerprint density at radius 1 is 0.840 bits per heavy atom. The van der Waals surface area contributed by atoms with Gasteiger partial charge in [-0.25, -0.2) is 9.59 Å². The second-order valence-corrected chi connectivity index (χ2v) is 7.24. The molecule has 2 amide bonds. The zero-order valence-corrected chi connectivity index (χ0v) is 14.2. The number of thiophene rings is 1. The van der Waals surface area contributed by atoms with E-state index in [2.05, 4.69) is 0 Å². The first kappa shape index (κ1) is 17.4. The first-order valence-electron chi connectivity index (χ1n) is 8.07. The van der Waals surface area contributed by atoms with Crippen molar-refractivity contribution in [1.29, 1.82) is 0 Å². The van der Waals surface area contributed by atoms with Crippen molar-refractivity contribution < 1.29 is 29.4 Å². The second kappa shape index (κ2) is 6.83. The Kier molecular flexibility index (Phi) is 4.76. The molecule has 2 fully saturated rings. The minimum atomic E-state index is -1.03. The van der Waals surface area contributed by atoms with Crippen molar-refractivity contribution in [2.45, 2.75) is 37.8 Å². The Bertz CT molecular complexity index is 671. The van der Waals surface area contributed by atoms with E-state index in [9.17, 15) is 29.4 Å². The summed E-state index contributed by atoms with van der Waals surface area (Å²) >= 11 is 0.982. The average molecular weight is 366 g/mol. The van der Waals surface area contributed by atoms with Crippen LogP contribution in [0.1, 0.15) is 45.0 Å². The highest BCUT2D eigenvalue weighted by atomic mass is 32.1. The van der Waals surface area contributed by atoms with Gasteiger partial charge in [0.25, 0.3) is 11.8 Å². The van der Waals surface area contributed by atoms with E-state index in [1.807, 2.05) is 0 Å². The van der Waals surface area contributed by atoms with E-state index >= 15 is 0 Å². The third-order valence-electron chi connectivity index (χ3n) is 4.63. The van der Waals surface area contributed by atoms with Gasteiger partial charge in [0.15, 0.2) is 0 Å². The minimum absolute atomic E-state index is 0.294. The van der Waals surface area contributed by atoms with Crippen molar-refractivity contribution in [3.63, 3.8) is 0 Å². The number of rotatable bonds is 4. The van der Waals surface area contributed by atoms with Crippen molar-refractivity contribution in [1.82, 2.24) is 9.80 Å². The lowest BCUT2D eigenvalue weighted by atomic mass is 10.2. The van der Waals surface area contributed by atoms with Crippen molar-refractivity contribution in [2.24, 2.45) is 0 Å². The molecule has 2 saturated heterocycles. The van der Waals surface area contributed by atoms with Crippen LogP contribution < -0.4 is 0 Å². The van der Waals surface area contributed by atoms with Gasteiger partial charge in [0, 0.05) is 13.1 Å². The van der Waals surface area contributed by atoms with E-state index in [0.29, 0.717) is 48.5 Å². The monoisotopic (exact) mass is 366 g/mol. The highest BCUT2D eigenvalue weighted by molar-refractivity contribution is 7.15. The normalized spacial score (nSPS) is 23.0. The summed E-state index contributed by atoms with van der Waals surface area (Å²) in [5.41, 5.74) is 0. The summed E-state index contributed by atoms with van der Waals surface area (Å²) in [7, 11) is 0. The fraction of sp³-hybridized carbons (Fsp3) is 0.500. The summed E-state index contributed by atoms with van der Waals surface area (Å²) in [6.45, 7) is 0.758. The highest BCUT2D eigenvalue weighted by Gasteiger charge is 2.37. The molecule has 0 spiro atoms. The van der Waals surface area contributed by atoms with Gasteiger partial charge < -0.3 is 20.0 Å². The molecule has 25 heavy (non-hydrogen) atoms. The average Bonchev–Trinajstić information content (AvgIpc) is 3.32. The molecule has 1 aromatic heterocycles. The second-order valence-electron chi connectivity index (χ2n) is 6.15. The van der Waals surface area contributed by atoms with Gasteiger partial charge in [-0.3, -0.25) is 9.59 Å². The van der Waals surface area contributed by atoms with Crippen LogP contribution in [0.4, 0.5) is 0 Å². The number of nitrogens with zero attached hydrogens (tertiary/aromatic N) is 2. The summed E-state index contributed by atoms with van der Waals surface area (Å²) < 4.78 is 0. The van der Waals surface area contributed by atoms with Crippen LogP contribution in [-0.2, 0) is 9.59 Å². The summed E-state index contributed by atoms with van der Waals surface area (Å²) in [6, 6.07) is 1.35. The largest absolute Gasteiger partial charge is 0.480 e. The van der Waals surface area contributed by atoms with Gasteiger partial charge in [0.1, 0.15) is 12.1 Å². The molecular weight excluding hydrogens is 348 g/mol. The van der Waals surface area contributed by atoms with Crippen molar-refractivity contribution in [3.8, 4) is 0 Å². The molecule has 2 N–H and O–H groups in total. The van der Waals surface area contributed by atoms with Crippen molar-refractivity contribution in [3.05, 3.63) is 21.9 Å². The topological polar surface area (TPSA) is 115 Å². The molecule has 0 bridgehead atoms. The molecule has 0 saturated carbocycles. The molecule has 2 aliphatic rings. The fourth-order valence-corrected chi connectivity index (χ4v) is 4.30. The third kappa shape index (κ3) is 3.23. The molecule has 3 rings (SSSR count). The third-order valence-corrected chi connectivity index (χ3v) is 5.69. The number of carboxylic acid groups (broad SMARTS) is 2. The molecule has 0 aliphatic carbocycles. The van der Waals surface area contributed by atoms with E-state index in [1.54, 1.807) is 0 Å². The van der Waals surface area contributed by atoms with Gasteiger partial charge in [-0.2, -0.15) is 0 Å². The van der Waals surface area contributed by atoms with Crippen LogP contribution in [0.15, 0.2) is 12.1 Å². The number of amides is 2. The van der Waals surface area contributed by atoms with Crippen LogP contribution in [0, 0.1) is 0 Å². The van der Waals surface area contributed by atoms with Crippen LogP contribution in [0.2, 0.25) is 0 Å². The van der Waals surface area contributed by atoms with Crippen LogP contribution >= 0.6 is 11.3 Å². The molecule has 2 unspecified atom stereocenters. The van der Waals surface area contributed by atoms with Gasteiger partial charge in [-0.1, -0.05) is 0 Å². The lowest BCUT2D eigenvalue weighted by molar-refractivity contribution is -0.142. The lowest BCUT2D eigenvalue weighted by Gasteiger charge is -2.21. The molecule has 9 heteroatoms. The van der Waals surface area contributed by atoms with Crippen LogP contribution in [0.3, 0.4) is 0 Å². The number of likely N-dealkylation sites (tertiary alicyclic amines) is 2. The Labute approximate surface area is 147 Å². The standard InChI is InChI=1S/C16H18N2O6S/c19-13(17-7-1-3-9(17)15(21)22)11-5-6-12(25-11)14(20)18-8-2-4-10(18)16(23)24/h5-6,9-10H,1-4,7-8H2,(H,21,22)(H,23,24). The van der Waals surface area contributed by atoms with Crippen LogP contribution in [0.5, 0.6) is 0 Å². The summed E-state index contributed by atoms with van der Waals surface area (Å²) in [4.78, 5) is 50.8. The molecule has 134 valence electrons. The molecule has 8 nitrogen and oxygen atoms in total. The van der Waals surface area contributed by atoms with Crippen LogP contribution in [-0.4, -0.2) is 68.9 Å². The quantitative estimate of drug-likeness (QED) is 0.825. The first-order valence-corrected chi connectivity index (χ1v) is 8.89. The summed E-state index contributed by atoms with van der Waals surface area (Å²) in [5, 5.41) is 18.4. The predicted octanol–water partition coefficient (Wildman–Crippen LogP) is 1.13.